The maximum Gasteiger partial charge on any atom is 0.191 e. The summed E-state index contributed by atoms with van der Waals surface area (Å²) in [5, 5.41) is 16.4. The highest BCUT2D eigenvalue weighted by molar-refractivity contribution is 7.85. The van der Waals surface area contributed by atoms with Crippen LogP contribution in [0.2, 0.25) is 0 Å². The molecule has 0 radical (unpaired) electrons. The molecule has 1 aliphatic rings. The summed E-state index contributed by atoms with van der Waals surface area (Å²) in [4.78, 5) is 4.74. The van der Waals surface area contributed by atoms with Crippen LogP contribution in [0.3, 0.4) is 0 Å². The second kappa shape index (κ2) is 12.7. The molecule has 0 aromatic carbocycles. The average Bonchev–Trinajstić information content (AvgIpc) is 2.59. The minimum absolute atomic E-state index is 0.233. The molecule has 1 rings (SSSR count). The third-order valence-electron chi connectivity index (χ3n) is 4.71. The first-order valence-electron chi connectivity index (χ1n) is 9.67. The summed E-state index contributed by atoms with van der Waals surface area (Å²) in [7, 11) is -0.697. The van der Waals surface area contributed by atoms with Gasteiger partial charge >= 0.3 is 0 Å². The van der Waals surface area contributed by atoms with Crippen molar-refractivity contribution in [3.63, 3.8) is 0 Å². The Labute approximate surface area is 150 Å². The standard InChI is InChI=1S/C18H37N3O2S/c1-4-8-15(11-12-22)14-20-18(19-5-2)21-16-9-7-10-17(13-16)24(23)6-3/h15-17,22H,4-14H2,1-3H3,(H2,19,20,21). The molecule has 0 aromatic heterocycles. The zero-order valence-electron chi connectivity index (χ0n) is 15.7. The Bertz CT molecular complexity index is 384. The van der Waals surface area contributed by atoms with Gasteiger partial charge in [0.05, 0.1) is 0 Å². The van der Waals surface area contributed by atoms with Crippen LogP contribution >= 0.6 is 0 Å². The Balaban J connectivity index is 2.60. The predicted molar refractivity (Wildman–Crippen MR) is 104 cm³/mol. The van der Waals surface area contributed by atoms with Gasteiger partial charge in [-0.25, -0.2) is 0 Å². The lowest BCUT2D eigenvalue weighted by atomic mass is 9.95. The lowest BCUT2D eigenvalue weighted by Crippen LogP contribution is -2.46. The van der Waals surface area contributed by atoms with E-state index in [1.54, 1.807) is 0 Å². The molecular weight excluding hydrogens is 322 g/mol. The van der Waals surface area contributed by atoms with Gasteiger partial charge in [-0.3, -0.25) is 9.20 Å². The van der Waals surface area contributed by atoms with Crippen LogP contribution in [0.1, 0.15) is 65.7 Å². The topological polar surface area (TPSA) is 73.7 Å². The lowest BCUT2D eigenvalue weighted by molar-refractivity contribution is 0.253. The molecule has 0 aromatic rings. The van der Waals surface area contributed by atoms with Gasteiger partial charge in [0.1, 0.15) is 0 Å². The molecule has 3 N–H and O–H groups in total. The molecule has 1 fully saturated rings. The number of aliphatic hydroxyl groups excluding tert-OH is 1. The van der Waals surface area contributed by atoms with Crippen molar-refractivity contribution in [2.45, 2.75) is 77.0 Å². The third-order valence-corrected chi connectivity index (χ3v) is 6.45. The zero-order valence-corrected chi connectivity index (χ0v) is 16.5. The molecule has 0 spiro atoms. The summed E-state index contributed by atoms with van der Waals surface area (Å²) in [6.45, 7) is 8.07. The molecule has 24 heavy (non-hydrogen) atoms. The maximum absolute atomic E-state index is 12.1. The van der Waals surface area contributed by atoms with Crippen molar-refractivity contribution in [3.05, 3.63) is 0 Å². The van der Waals surface area contributed by atoms with E-state index < -0.39 is 10.8 Å². The maximum atomic E-state index is 12.1. The molecule has 0 heterocycles. The normalized spacial score (nSPS) is 24.4. The van der Waals surface area contributed by atoms with E-state index in [1.807, 2.05) is 6.92 Å². The first kappa shape index (κ1) is 21.4. The van der Waals surface area contributed by atoms with Crippen LogP contribution in [0.4, 0.5) is 0 Å². The van der Waals surface area contributed by atoms with Gasteiger partial charge in [0.2, 0.25) is 0 Å². The summed E-state index contributed by atoms with van der Waals surface area (Å²) in [6, 6.07) is 0.361. The molecule has 142 valence electrons. The number of aliphatic imine (C=N–C) groups is 1. The van der Waals surface area contributed by atoms with Gasteiger partial charge in [-0.15, -0.1) is 0 Å². The Morgan fingerprint density at radius 3 is 2.71 bits per heavy atom. The smallest absolute Gasteiger partial charge is 0.191 e. The molecule has 5 nitrogen and oxygen atoms in total. The van der Waals surface area contributed by atoms with Gasteiger partial charge in [-0.1, -0.05) is 26.7 Å². The van der Waals surface area contributed by atoms with E-state index in [2.05, 4.69) is 24.5 Å². The number of nitrogens with one attached hydrogen (secondary N) is 2. The zero-order chi connectivity index (χ0) is 17.8. The van der Waals surface area contributed by atoms with E-state index >= 15 is 0 Å². The van der Waals surface area contributed by atoms with E-state index in [0.29, 0.717) is 17.2 Å². The molecular formula is C18H37N3O2S. The number of guanidine groups is 1. The van der Waals surface area contributed by atoms with Crippen molar-refractivity contribution in [2.24, 2.45) is 10.9 Å². The minimum atomic E-state index is -0.697. The van der Waals surface area contributed by atoms with Gasteiger partial charge < -0.3 is 15.7 Å². The van der Waals surface area contributed by atoms with E-state index in [-0.39, 0.29) is 6.61 Å². The number of nitrogens with zero attached hydrogens (tertiary/aromatic N) is 1. The number of hydrogen-bond donors (Lipinski definition) is 3. The Hall–Kier alpha value is -0.620. The number of hydrogen-bond acceptors (Lipinski definition) is 3. The summed E-state index contributed by atoms with van der Waals surface area (Å²) < 4.78 is 12.1. The molecule has 1 saturated carbocycles. The van der Waals surface area contributed by atoms with Crippen molar-refractivity contribution in [1.29, 1.82) is 0 Å². The molecule has 4 atom stereocenters. The number of aliphatic hydroxyl groups is 1. The van der Waals surface area contributed by atoms with Crippen molar-refractivity contribution >= 4 is 16.8 Å². The molecule has 0 aliphatic heterocycles. The monoisotopic (exact) mass is 359 g/mol. The molecule has 0 saturated heterocycles. The molecule has 1 aliphatic carbocycles. The van der Waals surface area contributed by atoms with Crippen molar-refractivity contribution in [1.82, 2.24) is 10.6 Å². The van der Waals surface area contributed by atoms with E-state index in [9.17, 15) is 9.32 Å². The average molecular weight is 360 g/mol. The SMILES string of the molecule is CCCC(CCO)CN=C(NCC)NC1CCCC(S(=O)CC)C1. The summed E-state index contributed by atoms with van der Waals surface area (Å²) in [6.07, 6.45) is 7.36. The predicted octanol–water partition coefficient (Wildman–Crippen LogP) is 2.42. The van der Waals surface area contributed by atoms with Gasteiger partial charge in [-0.2, -0.15) is 0 Å². The van der Waals surface area contributed by atoms with Crippen LogP contribution in [0.15, 0.2) is 4.99 Å². The van der Waals surface area contributed by atoms with E-state index in [1.165, 1.54) is 0 Å². The molecule has 0 bridgehead atoms. The van der Waals surface area contributed by atoms with Crippen molar-refractivity contribution in [2.75, 3.05) is 25.4 Å². The Morgan fingerprint density at radius 2 is 2.08 bits per heavy atom. The van der Waals surface area contributed by atoms with Crippen LogP contribution in [0.25, 0.3) is 0 Å². The van der Waals surface area contributed by atoms with Gasteiger partial charge in [0, 0.05) is 47.5 Å². The van der Waals surface area contributed by atoms with E-state index in [4.69, 9.17) is 4.99 Å². The third kappa shape index (κ3) is 7.97. The van der Waals surface area contributed by atoms with Crippen LogP contribution in [0.5, 0.6) is 0 Å². The van der Waals surface area contributed by atoms with Gasteiger partial charge in [0.15, 0.2) is 5.96 Å². The van der Waals surface area contributed by atoms with Gasteiger partial charge in [-0.05, 0) is 44.9 Å². The van der Waals surface area contributed by atoms with E-state index in [0.717, 1.165) is 69.7 Å². The lowest BCUT2D eigenvalue weighted by Gasteiger charge is -2.30. The largest absolute Gasteiger partial charge is 0.396 e. The fraction of sp³-hybridized carbons (Fsp3) is 0.944. The molecule has 0 amide bonds. The summed E-state index contributed by atoms with van der Waals surface area (Å²) in [5.74, 6) is 2.07. The van der Waals surface area contributed by atoms with Crippen LogP contribution in [-0.2, 0) is 10.8 Å². The second-order valence-electron chi connectivity index (χ2n) is 6.69. The first-order valence-corrected chi connectivity index (χ1v) is 11.1. The minimum Gasteiger partial charge on any atom is -0.396 e. The summed E-state index contributed by atoms with van der Waals surface area (Å²) >= 11 is 0. The quantitative estimate of drug-likeness (QED) is 0.414. The van der Waals surface area contributed by atoms with Crippen molar-refractivity contribution in [3.8, 4) is 0 Å². The van der Waals surface area contributed by atoms with Crippen LogP contribution in [-0.4, -0.2) is 52.0 Å². The Morgan fingerprint density at radius 1 is 1.29 bits per heavy atom. The van der Waals surface area contributed by atoms with Crippen LogP contribution < -0.4 is 10.6 Å². The highest BCUT2D eigenvalue weighted by Gasteiger charge is 2.26. The molecule has 6 heteroatoms. The van der Waals surface area contributed by atoms with Crippen molar-refractivity contribution < 1.29 is 9.32 Å². The Kier molecular flexibility index (Phi) is 11.3. The number of rotatable bonds is 10. The van der Waals surface area contributed by atoms with Crippen LogP contribution in [0, 0.1) is 5.92 Å². The highest BCUT2D eigenvalue weighted by Crippen LogP contribution is 2.23. The van der Waals surface area contributed by atoms with Gasteiger partial charge in [0.25, 0.3) is 0 Å². The second-order valence-corrected chi connectivity index (χ2v) is 8.69. The molecule has 4 unspecified atom stereocenters. The fourth-order valence-electron chi connectivity index (χ4n) is 3.40. The summed E-state index contributed by atoms with van der Waals surface area (Å²) in [5.41, 5.74) is 0. The first-order chi connectivity index (χ1) is 11.6. The highest BCUT2D eigenvalue weighted by atomic mass is 32.2. The fourth-order valence-corrected chi connectivity index (χ4v) is 4.75.